The second kappa shape index (κ2) is 9.05. The van der Waals surface area contributed by atoms with Gasteiger partial charge in [0.15, 0.2) is 11.6 Å². The average Bonchev–Trinajstić information content (AvgIpc) is 3.19. The maximum atomic E-state index is 12.5. The maximum Gasteiger partial charge on any atom is 0.237 e. The number of carbonyl (C=O) groups is 4. The molecule has 2 aromatic rings. The normalized spacial score (nSPS) is 18.1. The number of carbonyl (C=O) groups excluding carboxylic acids is 4. The van der Waals surface area contributed by atoms with Crippen LogP contribution in [0.5, 0.6) is 0 Å². The van der Waals surface area contributed by atoms with E-state index >= 15 is 0 Å². The van der Waals surface area contributed by atoms with E-state index in [1.807, 2.05) is 0 Å². The van der Waals surface area contributed by atoms with E-state index in [0.29, 0.717) is 35.3 Å². The van der Waals surface area contributed by atoms with E-state index in [1.54, 1.807) is 48.5 Å². The van der Waals surface area contributed by atoms with Crippen molar-refractivity contribution in [3.05, 3.63) is 59.7 Å². The van der Waals surface area contributed by atoms with Gasteiger partial charge in [0.2, 0.25) is 11.8 Å². The Hall–Kier alpha value is -2.93. The summed E-state index contributed by atoms with van der Waals surface area (Å²) in [4.78, 5) is 47.6. The summed E-state index contributed by atoms with van der Waals surface area (Å²) >= 11 is 1.35. The van der Waals surface area contributed by atoms with Gasteiger partial charge in [0.05, 0.1) is 10.5 Å². The van der Waals surface area contributed by atoms with Crippen LogP contribution >= 0.6 is 11.8 Å². The van der Waals surface area contributed by atoms with Gasteiger partial charge in [0, 0.05) is 22.5 Å². The van der Waals surface area contributed by atoms with Gasteiger partial charge in [-0.15, -0.1) is 11.8 Å². The summed E-state index contributed by atoms with van der Waals surface area (Å²) < 4.78 is 0. The van der Waals surface area contributed by atoms with Crippen LogP contribution in [0.25, 0.3) is 0 Å². The molecule has 0 saturated carbocycles. The summed E-state index contributed by atoms with van der Waals surface area (Å²) in [5.41, 5.74) is 2.43. The van der Waals surface area contributed by atoms with Gasteiger partial charge in [-0.05, 0) is 75.2 Å². The van der Waals surface area contributed by atoms with Crippen LogP contribution < -0.4 is 10.6 Å². The Kier molecular flexibility index (Phi) is 6.49. The smallest absolute Gasteiger partial charge is 0.237 e. The molecule has 2 amide bonds. The van der Waals surface area contributed by atoms with Crippen LogP contribution in [0.1, 0.15) is 47.4 Å². The van der Waals surface area contributed by atoms with E-state index in [2.05, 4.69) is 10.6 Å². The van der Waals surface area contributed by atoms with Crippen molar-refractivity contribution in [1.82, 2.24) is 0 Å². The highest BCUT2D eigenvalue weighted by Crippen LogP contribution is 2.35. The van der Waals surface area contributed by atoms with Crippen molar-refractivity contribution in [3.8, 4) is 0 Å². The van der Waals surface area contributed by atoms with Crippen LogP contribution in [0.3, 0.4) is 0 Å². The van der Waals surface area contributed by atoms with Gasteiger partial charge in [-0.25, -0.2) is 0 Å². The number of amides is 2. The molecule has 7 heteroatoms. The molecule has 2 unspecified atom stereocenters. The molecule has 3 rings (SSSR count). The summed E-state index contributed by atoms with van der Waals surface area (Å²) in [6, 6.07) is 13.5. The molecule has 1 aliphatic rings. The zero-order valence-electron chi connectivity index (χ0n) is 16.2. The van der Waals surface area contributed by atoms with Gasteiger partial charge in [-0.2, -0.15) is 0 Å². The van der Waals surface area contributed by atoms with Crippen molar-refractivity contribution in [2.45, 2.75) is 37.2 Å². The number of benzene rings is 2. The Morgan fingerprint density at radius 1 is 0.690 bits per heavy atom. The monoisotopic (exact) mass is 410 g/mol. The number of rotatable bonds is 6. The minimum Gasteiger partial charge on any atom is -0.325 e. The summed E-state index contributed by atoms with van der Waals surface area (Å²) in [5, 5.41) is 5.07. The highest BCUT2D eigenvalue weighted by molar-refractivity contribution is 8.02. The molecule has 29 heavy (non-hydrogen) atoms. The second-order valence-corrected chi connectivity index (χ2v) is 8.35. The van der Waals surface area contributed by atoms with E-state index in [1.165, 1.54) is 25.6 Å². The first-order chi connectivity index (χ1) is 13.8. The lowest BCUT2D eigenvalue weighted by Crippen LogP contribution is -2.25. The van der Waals surface area contributed by atoms with Gasteiger partial charge >= 0.3 is 0 Å². The predicted octanol–water partition coefficient (Wildman–Crippen LogP) is 3.93. The molecule has 0 aromatic heterocycles. The third kappa shape index (κ3) is 5.32. The molecule has 2 aromatic carbocycles. The summed E-state index contributed by atoms with van der Waals surface area (Å²) in [6.45, 7) is 2.98. The highest BCUT2D eigenvalue weighted by atomic mass is 32.2. The Balaban J connectivity index is 1.53. The molecule has 1 saturated heterocycles. The minimum atomic E-state index is -0.307. The fourth-order valence-electron chi connectivity index (χ4n) is 3.04. The minimum absolute atomic E-state index is 0.0287. The third-order valence-electron chi connectivity index (χ3n) is 4.72. The van der Waals surface area contributed by atoms with Crippen LogP contribution in [0.4, 0.5) is 11.4 Å². The van der Waals surface area contributed by atoms with E-state index in [9.17, 15) is 19.2 Å². The molecule has 0 radical (unpaired) electrons. The summed E-state index contributed by atoms with van der Waals surface area (Å²) in [6.07, 6.45) is 1.23. The number of ketones is 2. The van der Waals surface area contributed by atoms with Gasteiger partial charge < -0.3 is 10.6 Å². The number of hydrogen-bond donors (Lipinski definition) is 2. The Morgan fingerprint density at radius 3 is 1.34 bits per heavy atom. The molecule has 1 aliphatic heterocycles. The molecule has 2 atom stereocenters. The largest absolute Gasteiger partial charge is 0.325 e. The predicted molar refractivity (Wildman–Crippen MR) is 115 cm³/mol. The van der Waals surface area contributed by atoms with E-state index in [0.717, 1.165) is 0 Å². The first-order valence-corrected chi connectivity index (χ1v) is 10.3. The number of thioether (sulfide) groups is 1. The van der Waals surface area contributed by atoms with Crippen molar-refractivity contribution >= 4 is 46.5 Å². The topological polar surface area (TPSA) is 92.3 Å². The van der Waals surface area contributed by atoms with Crippen LogP contribution in [-0.4, -0.2) is 33.9 Å². The van der Waals surface area contributed by atoms with Gasteiger partial charge in [-0.1, -0.05) is 0 Å². The molecular formula is C22H22N2O4S. The fraction of sp³-hybridized carbons (Fsp3) is 0.273. The zero-order valence-corrected chi connectivity index (χ0v) is 17.0. The number of nitrogens with one attached hydrogen (secondary N) is 2. The van der Waals surface area contributed by atoms with E-state index in [4.69, 9.17) is 0 Å². The molecule has 0 spiro atoms. The Bertz CT molecular complexity index is 861. The number of anilines is 2. The number of Topliss-reactive ketones (excluding diaryl/α,β-unsaturated/α-hetero) is 2. The first-order valence-electron chi connectivity index (χ1n) is 9.32. The van der Waals surface area contributed by atoms with Crippen molar-refractivity contribution in [1.29, 1.82) is 0 Å². The molecule has 0 aliphatic carbocycles. The van der Waals surface area contributed by atoms with Crippen LogP contribution in [0.15, 0.2) is 48.5 Å². The summed E-state index contributed by atoms with van der Waals surface area (Å²) in [7, 11) is 0. The standard InChI is InChI=1S/C22H22N2O4S/c1-13(25)15-3-7-17(8-4-15)23-21(27)19-11-12-20(29-19)22(28)24-18-9-5-16(6-10-18)14(2)26/h3-10,19-20H,11-12H2,1-2H3,(H,23,27)(H,24,28). The average molecular weight is 410 g/mol. The molecular weight excluding hydrogens is 388 g/mol. The lowest BCUT2D eigenvalue weighted by molar-refractivity contribution is -0.116. The molecule has 6 nitrogen and oxygen atoms in total. The molecule has 1 heterocycles. The lowest BCUT2D eigenvalue weighted by Gasteiger charge is -2.13. The quantitative estimate of drug-likeness (QED) is 0.704. The van der Waals surface area contributed by atoms with E-state index < -0.39 is 0 Å². The Morgan fingerprint density at radius 2 is 1.03 bits per heavy atom. The molecule has 1 fully saturated rings. The van der Waals surface area contributed by atoms with Gasteiger partial charge in [0.25, 0.3) is 0 Å². The second-order valence-electron chi connectivity index (χ2n) is 6.94. The van der Waals surface area contributed by atoms with Crippen LogP contribution in [-0.2, 0) is 9.59 Å². The van der Waals surface area contributed by atoms with Gasteiger partial charge in [0.1, 0.15) is 0 Å². The SMILES string of the molecule is CC(=O)c1ccc(NC(=O)C2CCC(C(=O)Nc3ccc(C(C)=O)cc3)S2)cc1. The first kappa shape index (κ1) is 20.8. The molecule has 150 valence electrons. The Labute approximate surface area is 173 Å². The lowest BCUT2D eigenvalue weighted by atomic mass is 10.1. The zero-order chi connectivity index (χ0) is 21.0. The van der Waals surface area contributed by atoms with Crippen molar-refractivity contribution in [2.75, 3.05) is 10.6 Å². The van der Waals surface area contributed by atoms with Crippen molar-refractivity contribution in [3.63, 3.8) is 0 Å². The van der Waals surface area contributed by atoms with Crippen molar-refractivity contribution in [2.24, 2.45) is 0 Å². The fourth-order valence-corrected chi connectivity index (χ4v) is 4.35. The van der Waals surface area contributed by atoms with E-state index in [-0.39, 0.29) is 33.9 Å². The molecule has 0 bridgehead atoms. The van der Waals surface area contributed by atoms with Crippen LogP contribution in [0.2, 0.25) is 0 Å². The molecule has 2 N–H and O–H groups in total. The highest BCUT2D eigenvalue weighted by Gasteiger charge is 2.34. The van der Waals surface area contributed by atoms with Crippen LogP contribution in [0, 0.1) is 0 Å². The summed E-state index contributed by atoms with van der Waals surface area (Å²) in [5.74, 6) is -0.351. The van der Waals surface area contributed by atoms with Crippen molar-refractivity contribution < 1.29 is 19.2 Å². The third-order valence-corrected chi connectivity index (χ3v) is 6.28. The van der Waals surface area contributed by atoms with Gasteiger partial charge in [-0.3, -0.25) is 19.2 Å². The number of hydrogen-bond acceptors (Lipinski definition) is 5. The maximum absolute atomic E-state index is 12.5.